The van der Waals surface area contributed by atoms with Gasteiger partial charge >= 0.3 is 0 Å². The second-order valence-corrected chi connectivity index (χ2v) is 5.13. The van der Waals surface area contributed by atoms with Gasteiger partial charge in [0.25, 0.3) is 0 Å². The van der Waals surface area contributed by atoms with E-state index < -0.39 is 5.60 Å². The molecule has 1 aromatic carbocycles. The Hall–Kier alpha value is -1.75. The molecule has 0 aliphatic heterocycles. The molecule has 0 atom stereocenters. The van der Waals surface area contributed by atoms with Crippen LogP contribution in [0.1, 0.15) is 25.7 Å². The first-order valence-corrected chi connectivity index (χ1v) is 6.87. The van der Waals surface area contributed by atoms with Crippen LogP contribution in [0.2, 0.25) is 0 Å². The lowest BCUT2D eigenvalue weighted by molar-refractivity contribution is -0.124. The molecule has 1 aliphatic rings. The largest absolute Gasteiger partial charge is 0.497 e. The van der Waals surface area contributed by atoms with Crippen molar-refractivity contribution < 1.29 is 19.4 Å². The molecule has 0 spiro atoms. The average molecular weight is 279 g/mol. The number of rotatable bonds is 7. The fourth-order valence-corrected chi connectivity index (χ4v) is 2.05. The van der Waals surface area contributed by atoms with Gasteiger partial charge in [-0.05, 0) is 43.5 Å². The standard InChI is InChI=1S/C15H21NO4/c1-19-12-3-5-13(6-4-12)20-10-7-14(17)16-11-15(18)8-2-9-15/h3-6,18H,2,7-11H2,1H3,(H,16,17). The third kappa shape index (κ3) is 4.13. The van der Waals surface area contributed by atoms with Crippen molar-refractivity contribution in [2.45, 2.75) is 31.3 Å². The van der Waals surface area contributed by atoms with Gasteiger partial charge in [-0.15, -0.1) is 0 Å². The van der Waals surface area contributed by atoms with E-state index in [0.717, 1.165) is 25.0 Å². The van der Waals surface area contributed by atoms with Gasteiger partial charge in [-0.25, -0.2) is 0 Å². The van der Waals surface area contributed by atoms with Gasteiger partial charge in [0.1, 0.15) is 11.5 Å². The van der Waals surface area contributed by atoms with E-state index in [2.05, 4.69) is 5.32 Å². The Balaban J connectivity index is 1.63. The third-order valence-corrected chi connectivity index (χ3v) is 3.56. The van der Waals surface area contributed by atoms with Crippen molar-refractivity contribution in [2.75, 3.05) is 20.3 Å². The monoisotopic (exact) mass is 279 g/mol. The van der Waals surface area contributed by atoms with Crippen LogP contribution in [0.3, 0.4) is 0 Å². The van der Waals surface area contributed by atoms with Gasteiger partial charge < -0.3 is 19.9 Å². The fraction of sp³-hybridized carbons (Fsp3) is 0.533. The molecule has 5 nitrogen and oxygen atoms in total. The molecule has 20 heavy (non-hydrogen) atoms. The Morgan fingerprint density at radius 1 is 1.30 bits per heavy atom. The summed E-state index contributed by atoms with van der Waals surface area (Å²) in [6, 6.07) is 7.21. The van der Waals surface area contributed by atoms with Crippen LogP contribution in [0.4, 0.5) is 0 Å². The molecule has 1 amide bonds. The zero-order valence-electron chi connectivity index (χ0n) is 11.7. The number of hydrogen-bond donors (Lipinski definition) is 2. The molecule has 2 N–H and O–H groups in total. The maximum Gasteiger partial charge on any atom is 0.223 e. The van der Waals surface area contributed by atoms with Gasteiger partial charge in [0.05, 0.1) is 25.7 Å². The van der Waals surface area contributed by atoms with E-state index in [1.807, 2.05) is 12.1 Å². The SMILES string of the molecule is COc1ccc(OCCC(=O)NCC2(O)CCC2)cc1. The topological polar surface area (TPSA) is 67.8 Å². The molecule has 0 aromatic heterocycles. The van der Waals surface area contributed by atoms with Crippen LogP contribution in [0.25, 0.3) is 0 Å². The second-order valence-electron chi connectivity index (χ2n) is 5.13. The number of ether oxygens (including phenoxy) is 2. The predicted molar refractivity (Wildman–Crippen MR) is 74.9 cm³/mol. The first-order chi connectivity index (χ1) is 9.61. The zero-order chi connectivity index (χ0) is 14.4. The molecule has 110 valence electrons. The molecule has 1 aromatic rings. The van der Waals surface area contributed by atoms with Crippen molar-refractivity contribution in [1.82, 2.24) is 5.32 Å². The summed E-state index contributed by atoms with van der Waals surface area (Å²) in [5.74, 6) is 1.37. The lowest BCUT2D eigenvalue weighted by atomic mass is 9.80. The Labute approximate surface area is 118 Å². The number of aliphatic hydroxyl groups is 1. The smallest absolute Gasteiger partial charge is 0.223 e. The Bertz CT molecular complexity index is 440. The molecule has 1 aliphatic carbocycles. The van der Waals surface area contributed by atoms with E-state index >= 15 is 0 Å². The van der Waals surface area contributed by atoms with E-state index in [-0.39, 0.29) is 12.3 Å². The molecular weight excluding hydrogens is 258 g/mol. The Morgan fingerprint density at radius 3 is 2.50 bits per heavy atom. The van der Waals surface area contributed by atoms with Gasteiger partial charge in [-0.3, -0.25) is 4.79 Å². The minimum Gasteiger partial charge on any atom is -0.497 e. The zero-order valence-corrected chi connectivity index (χ0v) is 11.7. The van der Waals surface area contributed by atoms with Crippen molar-refractivity contribution in [2.24, 2.45) is 0 Å². The molecule has 5 heteroatoms. The number of carbonyl (C=O) groups is 1. The normalized spacial score (nSPS) is 16.1. The van der Waals surface area contributed by atoms with Crippen molar-refractivity contribution in [1.29, 1.82) is 0 Å². The lowest BCUT2D eigenvalue weighted by Crippen LogP contribution is -2.47. The molecular formula is C15H21NO4. The summed E-state index contributed by atoms with van der Waals surface area (Å²) in [5.41, 5.74) is -0.674. The fourth-order valence-electron chi connectivity index (χ4n) is 2.05. The van der Waals surface area contributed by atoms with Crippen molar-refractivity contribution in [3.63, 3.8) is 0 Å². The van der Waals surface area contributed by atoms with E-state index in [1.165, 1.54) is 0 Å². The average Bonchev–Trinajstić information content (AvgIpc) is 2.44. The summed E-state index contributed by atoms with van der Waals surface area (Å²) in [4.78, 5) is 11.6. The van der Waals surface area contributed by atoms with E-state index in [4.69, 9.17) is 9.47 Å². The van der Waals surface area contributed by atoms with E-state index in [1.54, 1.807) is 19.2 Å². The van der Waals surface area contributed by atoms with E-state index in [0.29, 0.717) is 18.9 Å². The minimum atomic E-state index is -0.674. The molecule has 0 bridgehead atoms. The Kier molecular flexibility index (Phi) is 4.84. The van der Waals surface area contributed by atoms with Gasteiger partial charge in [0.2, 0.25) is 5.91 Å². The molecule has 0 unspecified atom stereocenters. The summed E-state index contributed by atoms with van der Waals surface area (Å²) in [7, 11) is 1.61. The maximum atomic E-state index is 11.6. The van der Waals surface area contributed by atoms with Crippen molar-refractivity contribution >= 4 is 5.91 Å². The highest BCUT2D eigenvalue weighted by Gasteiger charge is 2.34. The van der Waals surface area contributed by atoms with Crippen LogP contribution in [0, 0.1) is 0 Å². The number of hydrogen-bond acceptors (Lipinski definition) is 4. The van der Waals surface area contributed by atoms with Crippen LogP contribution in [0.15, 0.2) is 24.3 Å². The first kappa shape index (κ1) is 14.7. The van der Waals surface area contributed by atoms with Crippen LogP contribution in [-0.4, -0.2) is 36.9 Å². The second kappa shape index (κ2) is 6.61. The molecule has 2 rings (SSSR count). The first-order valence-electron chi connectivity index (χ1n) is 6.87. The van der Waals surface area contributed by atoms with E-state index in [9.17, 15) is 9.90 Å². The molecule has 0 radical (unpaired) electrons. The van der Waals surface area contributed by atoms with Gasteiger partial charge in [0.15, 0.2) is 0 Å². The quantitative estimate of drug-likeness (QED) is 0.793. The third-order valence-electron chi connectivity index (χ3n) is 3.56. The molecule has 1 fully saturated rings. The van der Waals surface area contributed by atoms with Gasteiger partial charge in [-0.2, -0.15) is 0 Å². The van der Waals surface area contributed by atoms with Crippen LogP contribution >= 0.6 is 0 Å². The van der Waals surface area contributed by atoms with Gasteiger partial charge in [0, 0.05) is 6.54 Å². The van der Waals surface area contributed by atoms with Crippen molar-refractivity contribution in [3.05, 3.63) is 24.3 Å². The number of amides is 1. The Morgan fingerprint density at radius 2 is 1.95 bits per heavy atom. The highest BCUT2D eigenvalue weighted by molar-refractivity contribution is 5.76. The molecule has 1 saturated carbocycles. The molecule has 0 saturated heterocycles. The van der Waals surface area contributed by atoms with Gasteiger partial charge in [-0.1, -0.05) is 0 Å². The maximum absolute atomic E-state index is 11.6. The lowest BCUT2D eigenvalue weighted by Gasteiger charge is -2.36. The highest BCUT2D eigenvalue weighted by atomic mass is 16.5. The van der Waals surface area contributed by atoms with Crippen LogP contribution in [0.5, 0.6) is 11.5 Å². The minimum absolute atomic E-state index is 0.0983. The summed E-state index contributed by atoms with van der Waals surface area (Å²) in [6.45, 7) is 0.658. The van der Waals surface area contributed by atoms with Crippen LogP contribution in [-0.2, 0) is 4.79 Å². The van der Waals surface area contributed by atoms with Crippen LogP contribution < -0.4 is 14.8 Å². The summed E-state index contributed by atoms with van der Waals surface area (Å²) in [6.07, 6.45) is 2.86. The predicted octanol–water partition coefficient (Wildman–Crippen LogP) is 1.50. The number of methoxy groups -OCH3 is 1. The van der Waals surface area contributed by atoms with Crippen molar-refractivity contribution in [3.8, 4) is 11.5 Å². The summed E-state index contributed by atoms with van der Waals surface area (Å²) >= 11 is 0. The summed E-state index contributed by atoms with van der Waals surface area (Å²) < 4.78 is 10.5. The highest BCUT2D eigenvalue weighted by Crippen LogP contribution is 2.30. The number of nitrogens with one attached hydrogen (secondary N) is 1. The number of benzene rings is 1. The molecule has 0 heterocycles. The summed E-state index contributed by atoms with van der Waals surface area (Å²) in [5, 5.41) is 12.6. The number of carbonyl (C=O) groups excluding carboxylic acids is 1.